The van der Waals surface area contributed by atoms with E-state index in [1.807, 2.05) is 36.4 Å². The molecule has 0 unspecified atom stereocenters. The van der Waals surface area contributed by atoms with Gasteiger partial charge in [-0.05, 0) is 29.8 Å². The van der Waals surface area contributed by atoms with E-state index in [1.54, 1.807) is 18.2 Å². The third-order valence-electron chi connectivity index (χ3n) is 3.43. The summed E-state index contributed by atoms with van der Waals surface area (Å²) in [6, 6.07) is 16.9. The average Bonchev–Trinajstić information content (AvgIpc) is 2.59. The number of fused-ring (bicyclic) bond motifs is 1. The van der Waals surface area contributed by atoms with Crippen molar-refractivity contribution in [1.29, 1.82) is 5.26 Å². The van der Waals surface area contributed by atoms with Gasteiger partial charge < -0.3 is 10.1 Å². The van der Waals surface area contributed by atoms with Crippen molar-refractivity contribution >= 4 is 12.0 Å². The van der Waals surface area contributed by atoms with Gasteiger partial charge in [-0.3, -0.25) is 4.79 Å². The molecule has 4 nitrogen and oxygen atoms in total. The van der Waals surface area contributed by atoms with Gasteiger partial charge in [0.15, 0.2) is 0 Å². The van der Waals surface area contributed by atoms with Crippen LogP contribution in [0.1, 0.15) is 16.7 Å². The van der Waals surface area contributed by atoms with Crippen molar-refractivity contribution < 1.29 is 9.53 Å². The molecule has 2 aromatic rings. The van der Waals surface area contributed by atoms with Crippen LogP contribution in [0.4, 0.5) is 0 Å². The van der Waals surface area contributed by atoms with Gasteiger partial charge in [-0.15, -0.1) is 0 Å². The molecule has 0 fully saturated rings. The summed E-state index contributed by atoms with van der Waals surface area (Å²) in [5.74, 6) is 0.637. The van der Waals surface area contributed by atoms with E-state index in [0.29, 0.717) is 17.7 Å². The number of hydrogen-bond acceptors (Lipinski definition) is 3. The maximum atomic E-state index is 12.2. The highest BCUT2D eigenvalue weighted by atomic mass is 16.5. The summed E-state index contributed by atoms with van der Waals surface area (Å²) in [6.45, 7) is 0.647. The van der Waals surface area contributed by atoms with Crippen molar-refractivity contribution in [2.75, 3.05) is 6.61 Å². The van der Waals surface area contributed by atoms with Crippen LogP contribution in [0.25, 0.3) is 6.08 Å². The van der Waals surface area contributed by atoms with E-state index in [4.69, 9.17) is 10.00 Å². The fourth-order valence-corrected chi connectivity index (χ4v) is 2.29. The number of nitrogens with one attached hydrogen (secondary N) is 1. The summed E-state index contributed by atoms with van der Waals surface area (Å²) in [4.78, 5) is 12.2. The Balaban J connectivity index is 1.68. The highest BCUT2D eigenvalue weighted by Crippen LogP contribution is 2.25. The maximum absolute atomic E-state index is 12.2. The van der Waals surface area contributed by atoms with Gasteiger partial charge in [0.05, 0.1) is 17.2 Å². The fourth-order valence-electron chi connectivity index (χ4n) is 2.29. The summed E-state index contributed by atoms with van der Waals surface area (Å²) in [6.07, 6.45) is 1.85. The molecule has 1 aliphatic heterocycles. The highest BCUT2D eigenvalue weighted by Gasteiger charge is 2.16. The van der Waals surface area contributed by atoms with Gasteiger partial charge in [-0.25, -0.2) is 0 Å². The first-order chi connectivity index (χ1) is 10.8. The second kappa shape index (κ2) is 6.15. The molecule has 0 spiro atoms. The Labute approximate surface area is 128 Å². The van der Waals surface area contributed by atoms with E-state index in [2.05, 4.69) is 11.4 Å². The summed E-state index contributed by atoms with van der Waals surface area (Å²) in [5.41, 5.74) is 2.98. The van der Waals surface area contributed by atoms with E-state index in [-0.39, 0.29) is 12.5 Å². The number of hydrogen-bond donors (Lipinski definition) is 1. The van der Waals surface area contributed by atoms with E-state index in [0.717, 1.165) is 16.9 Å². The molecule has 1 aliphatic rings. The lowest BCUT2D eigenvalue weighted by Crippen LogP contribution is -2.28. The molecule has 0 aliphatic carbocycles. The van der Waals surface area contributed by atoms with Crippen LogP contribution in [-0.4, -0.2) is 12.5 Å². The van der Waals surface area contributed by atoms with Crippen molar-refractivity contribution in [3.05, 3.63) is 70.8 Å². The Morgan fingerprint density at radius 1 is 1.23 bits per heavy atom. The number of carbonyl (C=O) groups is 1. The molecule has 0 atom stereocenters. The molecule has 1 amide bonds. The van der Waals surface area contributed by atoms with Gasteiger partial charge in [0.2, 0.25) is 0 Å². The van der Waals surface area contributed by atoms with Crippen molar-refractivity contribution in [3.63, 3.8) is 0 Å². The first-order valence-electron chi connectivity index (χ1n) is 6.96. The van der Waals surface area contributed by atoms with Crippen LogP contribution in [-0.2, 0) is 11.3 Å². The molecular formula is C18H14N2O2. The number of para-hydroxylation sites is 1. The van der Waals surface area contributed by atoms with Crippen LogP contribution in [0, 0.1) is 11.3 Å². The monoisotopic (exact) mass is 290 g/mol. The van der Waals surface area contributed by atoms with Crippen molar-refractivity contribution in [1.82, 2.24) is 5.32 Å². The number of rotatable bonds is 3. The molecule has 0 saturated heterocycles. The molecule has 1 heterocycles. The average molecular weight is 290 g/mol. The van der Waals surface area contributed by atoms with Crippen molar-refractivity contribution in [2.24, 2.45) is 0 Å². The fraction of sp³-hybridized carbons (Fsp3) is 0.111. The molecule has 108 valence electrons. The molecular weight excluding hydrogens is 276 g/mol. The zero-order valence-corrected chi connectivity index (χ0v) is 11.9. The second-order valence-corrected chi connectivity index (χ2v) is 4.99. The molecule has 0 bridgehead atoms. The first-order valence-corrected chi connectivity index (χ1v) is 6.96. The molecule has 2 aromatic carbocycles. The molecule has 0 aromatic heterocycles. The third-order valence-corrected chi connectivity index (χ3v) is 3.43. The summed E-state index contributed by atoms with van der Waals surface area (Å²) < 4.78 is 5.57. The zero-order valence-electron chi connectivity index (χ0n) is 11.9. The minimum Gasteiger partial charge on any atom is -0.488 e. The van der Waals surface area contributed by atoms with Crippen LogP contribution >= 0.6 is 0 Å². The topological polar surface area (TPSA) is 62.1 Å². The van der Waals surface area contributed by atoms with E-state index in [9.17, 15) is 4.79 Å². The van der Waals surface area contributed by atoms with E-state index >= 15 is 0 Å². The van der Waals surface area contributed by atoms with Crippen LogP contribution in [0.5, 0.6) is 5.75 Å². The van der Waals surface area contributed by atoms with E-state index in [1.165, 1.54) is 0 Å². The molecule has 0 saturated carbocycles. The largest absolute Gasteiger partial charge is 0.488 e. The van der Waals surface area contributed by atoms with Gasteiger partial charge in [-0.2, -0.15) is 5.26 Å². The highest BCUT2D eigenvalue weighted by molar-refractivity contribution is 5.99. The quantitative estimate of drug-likeness (QED) is 0.945. The van der Waals surface area contributed by atoms with Crippen molar-refractivity contribution in [2.45, 2.75) is 6.54 Å². The summed E-state index contributed by atoms with van der Waals surface area (Å²) in [5, 5.41) is 11.7. The number of carbonyl (C=O) groups excluding carboxylic acids is 1. The van der Waals surface area contributed by atoms with Gasteiger partial charge >= 0.3 is 0 Å². The molecule has 4 heteroatoms. The van der Waals surface area contributed by atoms with Gasteiger partial charge in [-0.1, -0.05) is 30.3 Å². The second-order valence-electron chi connectivity index (χ2n) is 4.99. The number of amides is 1. The van der Waals surface area contributed by atoms with Gasteiger partial charge in [0.1, 0.15) is 12.4 Å². The lowest BCUT2D eigenvalue weighted by Gasteiger charge is -2.17. The molecule has 3 rings (SSSR count). The molecule has 1 N–H and O–H groups in total. The normalized spacial score (nSPS) is 12.4. The lowest BCUT2D eigenvalue weighted by molar-refractivity contribution is -0.117. The van der Waals surface area contributed by atoms with Crippen LogP contribution in [0.2, 0.25) is 0 Å². The summed E-state index contributed by atoms with van der Waals surface area (Å²) >= 11 is 0. The number of nitriles is 1. The molecule has 0 radical (unpaired) electrons. The van der Waals surface area contributed by atoms with Gasteiger partial charge in [0.25, 0.3) is 5.91 Å². The lowest BCUT2D eigenvalue weighted by atomic mass is 10.1. The Morgan fingerprint density at radius 3 is 2.95 bits per heavy atom. The number of ether oxygens (including phenoxy) is 1. The SMILES string of the molecule is N#Cc1cccc(CNC(=O)C2=Cc3ccccc3OC2)c1. The third kappa shape index (κ3) is 2.99. The van der Waals surface area contributed by atoms with Crippen LogP contribution in [0.3, 0.4) is 0 Å². The number of nitrogens with zero attached hydrogens (tertiary/aromatic N) is 1. The van der Waals surface area contributed by atoms with Gasteiger partial charge in [0, 0.05) is 12.1 Å². The van der Waals surface area contributed by atoms with Crippen LogP contribution in [0.15, 0.2) is 54.1 Å². The predicted molar refractivity (Wildman–Crippen MR) is 82.9 cm³/mol. The Hall–Kier alpha value is -3.06. The first kappa shape index (κ1) is 13.9. The predicted octanol–water partition coefficient (Wildman–Crippen LogP) is 2.65. The number of benzene rings is 2. The zero-order chi connectivity index (χ0) is 15.4. The Kier molecular flexibility index (Phi) is 3.88. The van der Waals surface area contributed by atoms with E-state index < -0.39 is 0 Å². The maximum Gasteiger partial charge on any atom is 0.250 e. The Morgan fingerprint density at radius 2 is 2.09 bits per heavy atom. The minimum absolute atomic E-state index is 0.156. The molecule has 22 heavy (non-hydrogen) atoms. The van der Waals surface area contributed by atoms with Crippen molar-refractivity contribution in [3.8, 4) is 11.8 Å². The Bertz CT molecular complexity index is 788. The smallest absolute Gasteiger partial charge is 0.250 e. The summed E-state index contributed by atoms with van der Waals surface area (Å²) in [7, 11) is 0. The van der Waals surface area contributed by atoms with Crippen LogP contribution < -0.4 is 10.1 Å². The standard InChI is InChI=1S/C18H14N2O2/c19-10-13-4-3-5-14(8-13)11-20-18(21)16-9-15-6-1-2-7-17(15)22-12-16/h1-9H,11-12H2,(H,20,21). The minimum atomic E-state index is -0.156.